The minimum Gasteiger partial charge on any atom is -0.356 e. The van der Waals surface area contributed by atoms with Gasteiger partial charge in [0.15, 0.2) is 15.8 Å². The van der Waals surface area contributed by atoms with Crippen molar-refractivity contribution in [2.24, 2.45) is 16.8 Å². The zero-order valence-corrected chi connectivity index (χ0v) is 17.1. The van der Waals surface area contributed by atoms with Crippen LogP contribution in [0.5, 0.6) is 0 Å². The second-order valence-corrected chi connectivity index (χ2v) is 9.81. The molecule has 2 rings (SSSR count). The Bertz CT molecular complexity index is 684. The molecular formula is C20H33N3O2S. The van der Waals surface area contributed by atoms with Gasteiger partial charge in [0.2, 0.25) is 0 Å². The van der Waals surface area contributed by atoms with Gasteiger partial charge < -0.3 is 10.6 Å². The molecule has 1 saturated carbocycles. The topological polar surface area (TPSA) is 70.6 Å². The molecule has 2 N–H and O–H groups in total. The number of nitrogens with zero attached hydrogens (tertiary/aromatic N) is 1. The van der Waals surface area contributed by atoms with Gasteiger partial charge in [-0.3, -0.25) is 4.99 Å². The van der Waals surface area contributed by atoms with E-state index in [-0.39, 0.29) is 5.75 Å². The van der Waals surface area contributed by atoms with Gasteiger partial charge in [0.1, 0.15) is 0 Å². The standard InChI is InChI=1S/C20H33N3O2S/c1-16-5-4-6-17(13-16)11-12-22-20(21-2)23-14-18-7-9-19(10-8-18)15-26(3,24)25/h7-10,16-17H,4-6,11-15H2,1-3H3,(H2,21,22,23). The molecule has 6 heteroatoms. The van der Waals surface area contributed by atoms with Crippen LogP contribution in [0.15, 0.2) is 29.3 Å². The monoisotopic (exact) mass is 379 g/mol. The van der Waals surface area contributed by atoms with Crippen molar-refractivity contribution >= 4 is 15.8 Å². The molecule has 2 unspecified atom stereocenters. The molecule has 2 atom stereocenters. The van der Waals surface area contributed by atoms with Gasteiger partial charge >= 0.3 is 0 Å². The Kier molecular flexibility index (Phi) is 7.94. The highest BCUT2D eigenvalue weighted by atomic mass is 32.2. The van der Waals surface area contributed by atoms with Crippen molar-refractivity contribution in [1.82, 2.24) is 10.6 Å². The summed E-state index contributed by atoms with van der Waals surface area (Å²) in [4.78, 5) is 4.28. The molecule has 1 aromatic carbocycles. The zero-order valence-electron chi connectivity index (χ0n) is 16.3. The predicted molar refractivity (Wildman–Crippen MR) is 109 cm³/mol. The molecule has 0 aliphatic heterocycles. The number of rotatable bonds is 7. The summed E-state index contributed by atoms with van der Waals surface area (Å²) in [5, 5.41) is 6.72. The normalized spacial score (nSPS) is 21.4. The summed E-state index contributed by atoms with van der Waals surface area (Å²) >= 11 is 0. The van der Waals surface area contributed by atoms with E-state index in [2.05, 4.69) is 22.5 Å². The Hall–Kier alpha value is -1.56. The molecule has 1 aliphatic carbocycles. The number of nitrogens with one attached hydrogen (secondary N) is 2. The molecular weight excluding hydrogens is 346 g/mol. The number of guanidine groups is 1. The lowest BCUT2D eigenvalue weighted by molar-refractivity contribution is 0.270. The summed E-state index contributed by atoms with van der Waals surface area (Å²) < 4.78 is 22.7. The van der Waals surface area contributed by atoms with Crippen LogP contribution in [0, 0.1) is 11.8 Å². The SMILES string of the molecule is CN=C(NCCC1CCCC(C)C1)NCc1ccc(CS(C)(=O)=O)cc1. The lowest BCUT2D eigenvalue weighted by atomic mass is 9.81. The summed E-state index contributed by atoms with van der Waals surface area (Å²) in [6.45, 7) is 3.98. The number of hydrogen-bond acceptors (Lipinski definition) is 3. The summed E-state index contributed by atoms with van der Waals surface area (Å²) in [5.74, 6) is 2.61. The first-order valence-corrected chi connectivity index (χ1v) is 11.6. The van der Waals surface area contributed by atoms with E-state index in [1.54, 1.807) is 7.05 Å². The van der Waals surface area contributed by atoms with Gasteiger partial charge in [0, 0.05) is 26.4 Å². The summed E-state index contributed by atoms with van der Waals surface area (Å²) in [6.07, 6.45) is 7.92. The van der Waals surface area contributed by atoms with E-state index in [9.17, 15) is 8.42 Å². The van der Waals surface area contributed by atoms with E-state index in [0.29, 0.717) is 6.54 Å². The third-order valence-corrected chi connectivity index (χ3v) is 5.88. The lowest BCUT2D eigenvalue weighted by Gasteiger charge is -2.26. The van der Waals surface area contributed by atoms with Crippen molar-refractivity contribution in [3.63, 3.8) is 0 Å². The Morgan fingerprint density at radius 3 is 2.46 bits per heavy atom. The first kappa shape index (κ1) is 20.7. The maximum absolute atomic E-state index is 11.3. The maximum atomic E-state index is 11.3. The van der Waals surface area contributed by atoms with Crippen molar-refractivity contribution < 1.29 is 8.42 Å². The highest BCUT2D eigenvalue weighted by Crippen LogP contribution is 2.30. The Morgan fingerprint density at radius 2 is 1.85 bits per heavy atom. The average molecular weight is 380 g/mol. The molecule has 5 nitrogen and oxygen atoms in total. The van der Waals surface area contributed by atoms with Crippen molar-refractivity contribution in [2.45, 2.75) is 51.3 Å². The van der Waals surface area contributed by atoms with Crippen LogP contribution >= 0.6 is 0 Å². The number of benzene rings is 1. The molecule has 0 amide bonds. The van der Waals surface area contributed by atoms with E-state index < -0.39 is 9.84 Å². The van der Waals surface area contributed by atoms with E-state index in [1.807, 2.05) is 24.3 Å². The quantitative estimate of drug-likeness (QED) is 0.564. The molecule has 0 aromatic heterocycles. The molecule has 1 aromatic rings. The third kappa shape index (κ3) is 7.77. The van der Waals surface area contributed by atoms with Crippen LogP contribution in [0.4, 0.5) is 0 Å². The van der Waals surface area contributed by atoms with Crippen LogP contribution in [0.1, 0.15) is 50.2 Å². The molecule has 0 spiro atoms. The number of sulfone groups is 1. The lowest BCUT2D eigenvalue weighted by Crippen LogP contribution is -2.38. The smallest absolute Gasteiger partial charge is 0.191 e. The number of aliphatic imine (C=N–C) groups is 1. The van der Waals surface area contributed by atoms with Crippen LogP contribution < -0.4 is 10.6 Å². The second-order valence-electron chi connectivity index (χ2n) is 7.67. The molecule has 0 bridgehead atoms. The third-order valence-electron chi connectivity index (χ3n) is 5.03. The van der Waals surface area contributed by atoms with Crippen molar-refractivity contribution in [3.8, 4) is 0 Å². The largest absolute Gasteiger partial charge is 0.356 e. The molecule has 0 radical (unpaired) electrons. The average Bonchev–Trinajstić information content (AvgIpc) is 2.58. The highest BCUT2D eigenvalue weighted by Gasteiger charge is 2.18. The van der Waals surface area contributed by atoms with Gasteiger partial charge in [-0.2, -0.15) is 0 Å². The fraction of sp³-hybridized carbons (Fsp3) is 0.650. The van der Waals surface area contributed by atoms with Crippen LogP contribution in [-0.4, -0.2) is 34.2 Å². The van der Waals surface area contributed by atoms with E-state index in [1.165, 1.54) is 38.4 Å². The van der Waals surface area contributed by atoms with Crippen LogP contribution in [0.25, 0.3) is 0 Å². The summed E-state index contributed by atoms with van der Waals surface area (Å²) in [6, 6.07) is 7.67. The van der Waals surface area contributed by atoms with E-state index in [4.69, 9.17) is 0 Å². The van der Waals surface area contributed by atoms with Gasteiger partial charge in [-0.05, 0) is 35.8 Å². The van der Waals surface area contributed by atoms with Crippen molar-refractivity contribution in [1.29, 1.82) is 0 Å². The van der Waals surface area contributed by atoms with Crippen molar-refractivity contribution in [2.75, 3.05) is 19.8 Å². The first-order valence-electron chi connectivity index (χ1n) is 9.56. The molecule has 1 fully saturated rings. The Morgan fingerprint density at radius 1 is 1.15 bits per heavy atom. The molecule has 0 heterocycles. The van der Waals surface area contributed by atoms with Gasteiger partial charge in [-0.15, -0.1) is 0 Å². The minimum absolute atomic E-state index is 0.0870. The number of hydrogen-bond donors (Lipinski definition) is 2. The van der Waals surface area contributed by atoms with E-state index in [0.717, 1.165) is 35.5 Å². The maximum Gasteiger partial charge on any atom is 0.191 e. The van der Waals surface area contributed by atoms with Crippen LogP contribution in [-0.2, 0) is 22.1 Å². The first-order chi connectivity index (χ1) is 12.4. The molecule has 1 aliphatic rings. The van der Waals surface area contributed by atoms with Crippen LogP contribution in [0.3, 0.4) is 0 Å². The van der Waals surface area contributed by atoms with Gasteiger partial charge in [-0.1, -0.05) is 50.5 Å². The van der Waals surface area contributed by atoms with Crippen LogP contribution in [0.2, 0.25) is 0 Å². The van der Waals surface area contributed by atoms with E-state index >= 15 is 0 Å². The van der Waals surface area contributed by atoms with Gasteiger partial charge in [0.05, 0.1) is 5.75 Å². The fourth-order valence-electron chi connectivity index (χ4n) is 3.68. The Balaban J connectivity index is 1.72. The molecule has 146 valence electrons. The fourth-order valence-corrected chi connectivity index (χ4v) is 4.48. The minimum atomic E-state index is -2.99. The summed E-state index contributed by atoms with van der Waals surface area (Å²) in [5.41, 5.74) is 1.92. The predicted octanol–water partition coefficient (Wildman–Crippen LogP) is 3.11. The highest BCUT2D eigenvalue weighted by molar-refractivity contribution is 7.89. The zero-order chi connectivity index (χ0) is 19.0. The Labute approximate surface area is 158 Å². The summed E-state index contributed by atoms with van der Waals surface area (Å²) in [7, 11) is -1.20. The van der Waals surface area contributed by atoms with Gasteiger partial charge in [-0.25, -0.2) is 8.42 Å². The van der Waals surface area contributed by atoms with Gasteiger partial charge in [0.25, 0.3) is 0 Å². The van der Waals surface area contributed by atoms with Crippen molar-refractivity contribution in [3.05, 3.63) is 35.4 Å². The molecule has 26 heavy (non-hydrogen) atoms. The second kappa shape index (κ2) is 9.95. The molecule has 0 saturated heterocycles.